The predicted octanol–water partition coefficient (Wildman–Crippen LogP) is 4.77. The number of benzene rings is 1. The minimum atomic E-state index is 0.267. The monoisotopic (exact) mass is 296 g/mol. The van der Waals surface area contributed by atoms with Crippen LogP contribution in [-0.4, -0.2) is 4.98 Å². The maximum atomic E-state index is 8.66. The van der Waals surface area contributed by atoms with E-state index in [1.807, 2.05) is 12.1 Å². The van der Waals surface area contributed by atoms with E-state index in [0.717, 1.165) is 5.56 Å². The van der Waals surface area contributed by atoms with E-state index in [4.69, 9.17) is 40.1 Å². The Balaban J connectivity index is 2.49. The van der Waals surface area contributed by atoms with Crippen LogP contribution in [0.5, 0.6) is 0 Å². The van der Waals surface area contributed by atoms with E-state index in [0.29, 0.717) is 26.5 Å². The summed E-state index contributed by atoms with van der Waals surface area (Å²) in [5.41, 5.74) is 2.19. The number of hydrogen-bond donors (Lipinski definition) is 0. The van der Waals surface area contributed by atoms with Gasteiger partial charge in [-0.15, -0.1) is 0 Å². The van der Waals surface area contributed by atoms with Gasteiger partial charge in [0.2, 0.25) is 0 Å². The highest BCUT2D eigenvalue weighted by molar-refractivity contribution is 6.48. The molecule has 2 rings (SSSR count). The van der Waals surface area contributed by atoms with E-state index in [-0.39, 0.29) is 6.42 Å². The molecule has 90 valence electrons. The fourth-order valence-electron chi connectivity index (χ4n) is 1.52. The lowest BCUT2D eigenvalue weighted by molar-refractivity contribution is 1.12. The van der Waals surface area contributed by atoms with Gasteiger partial charge in [-0.05, 0) is 24.3 Å². The summed E-state index contributed by atoms with van der Waals surface area (Å²) in [7, 11) is 0. The Hall–Kier alpha value is -1.27. The van der Waals surface area contributed by atoms with Crippen LogP contribution in [0.4, 0.5) is 0 Å². The Labute approximate surface area is 120 Å². The molecule has 0 aliphatic carbocycles. The van der Waals surface area contributed by atoms with E-state index in [9.17, 15) is 0 Å². The molecule has 1 aromatic carbocycles. The molecule has 18 heavy (non-hydrogen) atoms. The molecule has 0 saturated heterocycles. The van der Waals surface area contributed by atoms with Crippen LogP contribution >= 0.6 is 34.8 Å². The molecule has 0 aliphatic heterocycles. The summed E-state index contributed by atoms with van der Waals surface area (Å²) in [5, 5.41) is 9.75. The van der Waals surface area contributed by atoms with Gasteiger partial charge in [0, 0.05) is 5.56 Å². The van der Waals surface area contributed by atoms with Crippen LogP contribution in [-0.2, 0) is 6.42 Å². The highest BCUT2D eigenvalue weighted by atomic mass is 35.5. The summed E-state index contributed by atoms with van der Waals surface area (Å²) in [6.45, 7) is 0. The van der Waals surface area contributed by atoms with E-state index < -0.39 is 0 Å². The fourth-order valence-corrected chi connectivity index (χ4v) is 2.12. The number of aromatic nitrogens is 1. The average molecular weight is 298 g/mol. The zero-order chi connectivity index (χ0) is 13.1. The highest BCUT2D eigenvalue weighted by Gasteiger charge is 2.08. The largest absolute Gasteiger partial charge is 0.252 e. The molecule has 5 heteroatoms. The van der Waals surface area contributed by atoms with Gasteiger partial charge in [-0.2, -0.15) is 5.26 Å². The summed E-state index contributed by atoms with van der Waals surface area (Å²) >= 11 is 17.8. The zero-order valence-electron chi connectivity index (χ0n) is 9.12. The molecule has 1 heterocycles. The first-order valence-electron chi connectivity index (χ1n) is 5.09. The molecule has 0 saturated carbocycles. The van der Waals surface area contributed by atoms with Crippen LogP contribution in [0.2, 0.25) is 15.1 Å². The summed E-state index contributed by atoms with van der Waals surface area (Å²) in [6.07, 6.45) is 0.267. The Morgan fingerprint density at radius 1 is 1.11 bits per heavy atom. The molecule has 0 radical (unpaired) electrons. The number of nitrogens with zero attached hydrogens (tertiary/aromatic N) is 2. The Morgan fingerprint density at radius 3 is 2.39 bits per heavy atom. The first-order chi connectivity index (χ1) is 8.61. The summed E-state index contributed by atoms with van der Waals surface area (Å²) in [4.78, 5) is 4.36. The van der Waals surface area contributed by atoms with Crippen molar-refractivity contribution in [2.45, 2.75) is 6.42 Å². The second-order valence-electron chi connectivity index (χ2n) is 3.60. The molecule has 0 spiro atoms. The smallest absolute Gasteiger partial charge is 0.0778 e. The van der Waals surface area contributed by atoms with Gasteiger partial charge >= 0.3 is 0 Å². The summed E-state index contributed by atoms with van der Waals surface area (Å²) in [5.74, 6) is 0. The van der Waals surface area contributed by atoms with Crippen molar-refractivity contribution in [1.82, 2.24) is 4.98 Å². The van der Waals surface area contributed by atoms with Crippen molar-refractivity contribution in [2.75, 3.05) is 0 Å². The first kappa shape index (κ1) is 13.2. The first-order valence-corrected chi connectivity index (χ1v) is 6.23. The molecule has 0 N–H and O–H groups in total. The van der Waals surface area contributed by atoms with Crippen molar-refractivity contribution < 1.29 is 0 Å². The molecule has 0 fully saturated rings. The van der Waals surface area contributed by atoms with E-state index in [1.54, 1.807) is 18.2 Å². The number of pyridine rings is 1. The lowest BCUT2D eigenvalue weighted by Crippen LogP contribution is -1.91. The zero-order valence-corrected chi connectivity index (χ0v) is 11.4. The van der Waals surface area contributed by atoms with Crippen LogP contribution in [0.1, 0.15) is 5.69 Å². The molecular formula is C13H7Cl3N2. The van der Waals surface area contributed by atoms with Gasteiger partial charge < -0.3 is 0 Å². The number of halogens is 3. The quantitative estimate of drug-likeness (QED) is 0.748. The molecule has 0 unspecified atom stereocenters. The van der Waals surface area contributed by atoms with Gasteiger partial charge in [0.05, 0.1) is 38.9 Å². The third-order valence-corrected chi connectivity index (χ3v) is 3.54. The van der Waals surface area contributed by atoms with Crippen molar-refractivity contribution in [2.24, 2.45) is 0 Å². The second kappa shape index (κ2) is 5.58. The van der Waals surface area contributed by atoms with Crippen LogP contribution in [0.3, 0.4) is 0 Å². The molecule has 0 bridgehead atoms. The van der Waals surface area contributed by atoms with Crippen molar-refractivity contribution in [3.05, 3.63) is 51.1 Å². The van der Waals surface area contributed by atoms with Crippen molar-refractivity contribution in [3.63, 3.8) is 0 Å². The van der Waals surface area contributed by atoms with Crippen LogP contribution in [0.15, 0.2) is 30.3 Å². The molecular weight excluding hydrogens is 291 g/mol. The van der Waals surface area contributed by atoms with Gasteiger partial charge in [-0.1, -0.05) is 40.9 Å². The van der Waals surface area contributed by atoms with Crippen LogP contribution < -0.4 is 0 Å². The van der Waals surface area contributed by atoms with Gasteiger partial charge in [-0.25, -0.2) is 0 Å². The maximum Gasteiger partial charge on any atom is 0.0778 e. The number of nitriles is 1. The number of rotatable bonds is 2. The minimum Gasteiger partial charge on any atom is -0.252 e. The maximum absolute atomic E-state index is 8.66. The summed E-state index contributed by atoms with van der Waals surface area (Å²) < 4.78 is 0. The third kappa shape index (κ3) is 2.76. The third-order valence-electron chi connectivity index (χ3n) is 2.35. The number of hydrogen-bond acceptors (Lipinski definition) is 2. The van der Waals surface area contributed by atoms with Crippen LogP contribution in [0.25, 0.3) is 11.3 Å². The molecule has 0 amide bonds. The molecule has 0 atom stereocenters. The van der Waals surface area contributed by atoms with Crippen molar-refractivity contribution in [3.8, 4) is 17.3 Å². The molecule has 0 aliphatic rings. The van der Waals surface area contributed by atoms with Gasteiger partial charge in [0.25, 0.3) is 0 Å². The fraction of sp³-hybridized carbons (Fsp3) is 0.0769. The SMILES string of the molecule is N#CCc1cccc(-c2cc(Cl)c(Cl)c(Cl)c2)n1. The summed E-state index contributed by atoms with van der Waals surface area (Å²) in [6, 6.07) is 10.9. The molecule has 1 aromatic heterocycles. The minimum absolute atomic E-state index is 0.267. The standard InChI is InChI=1S/C13H7Cl3N2/c14-10-6-8(7-11(15)13(10)16)12-3-1-2-9(18-12)4-5-17/h1-3,6-7H,4H2. The molecule has 2 aromatic rings. The van der Waals surface area contributed by atoms with E-state index in [2.05, 4.69) is 11.1 Å². The van der Waals surface area contributed by atoms with Gasteiger partial charge in [-0.3, -0.25) is 4.98 Å². The van der Waals surface area contributed by atoms with Crippen molar-refractivity contribution >= 4 is 34.8 Å². The van der Waals surface area contributed by atoms with Gasteiger partial charge in [0.1, 0.15) is 0 Å². The Bertz CT molecular complexity index is 609. The van der Waals surface area contributed by atoms with Crippen LogP contribution in [0, 0.1) is 11.3 Å². The lowest BCUT2D eigenvalue weighted by atomic mass is 10.1. The lowest BCUT2D eigenvalue weighted by Gasteiger charge is -2.06. The highest BCUT2D eigenvalue weighted by Crippen LogP contribution is 2.34. The molecule has 2 nitrogen and oxygen atoms in total. The Kier molecular flexibility index (Phi) is 4.08. The van der Waals surface area contributed by atoms with E-state index in [1.165, 1.54) is 0 Å². The van der Waals surface area contributed by atoms with Gasteiger partial charge in [0.15, 0.2) is 0 Å². The van der Waals surface area contributed by atoms with Crippen molar-refractivity contribution in [1.29, 1.82) is 5.26 Å². The van der Waals surface area contributed by atoms with E-state index >= 15 is 0 Å². The Morgan fingerprint density at radius 2 is 1.78 bits per heavy atom. The average Bonchev–Trinajstić information content (AvgIpc) is 2.36. The second-order valence-corrected chi connectivity index (χ2v) is 4.80. The normalized spacial score (nSPS) is 10.1. The topological polar surface area (TPSA) is 36.7 Å². The predicted molar refractivity (Wildman–Crippen MR) is 74.0 cm³/mol.